The number of aromatic amines is 1. The number of likely N-dealkylation sites (N-methyl/N-ethyl adjacent to an activating group) is 1. The zero-order valence-corrected chi connectivity index (χ0v) is 15.0. The monoisotopic (exact) mass is 349 g/mol. The lowest BCUT2D eigenvalue weighted by Gasteiger charge is -2.38. The topological polar surface area (TPSA) is 90.6 Å². The average Bonchev–Trinajstić information content (AvgIpc) is 3.06. The van der Waals surface area contributed by atoms with Gasteiger partial charge < -0.3 is 15.0 Å². The second-order valence-corrected chi connectivity index (χ2v) is 6.96. The van der Waals surface area contributed by atoms with Crippen molar-refractivity contribution in [1.82, 2.24) is 25.3 Å². The molecule has 8 nitrogen and oxygen atoms in total. The summed E-state index contributed by atoms with van der Waals surface area (Å²) in [6.07, 6.45) is 3.53. The Balaban J connectivity index is 1.57. The van der Waals surface area contributed by atoms with Crippen molar-refractivity contribution in [2.24, 2.45) is 5.92 Å². The van der Waals surface area contributed by atoms with Gasteiger partial charge in [-0.05, 0) is 32.7 Å². The number of H-pyrrole nitrogens is 1. The van der Waals surface area contributed by atoms with Crippen molar-refractivity contribution >= 4 is 11.8 Å². The van der Waals surface area contributed by atoms with E-state index in [0.29, 0.717) is 37.7 Å². The molecule has 0 aliphatic carbocycles. The number of ether oxygens (including phenoxy) is 1. The molecule has 0 aromatic carbocycles. The van der Waals surface area contributed by atoms with E-state index in [-0.39, 0.29) is 17.9 Å². The van der Waals surface area contributed by atoms with Crippen LogP contribution in [0.25, 0.3) is 0 Å². The van der Waals surface area contributed by atoms with Gasteiger partial charge in [0.2, 0.25) is 5.91 Å². The van der Waals surface area contributed by atoms with Gasteiger partial charge in [-0.1, -0.05) is 0 Å². The largest absolute Gasteiger partial charge is 0.381 e. The highest BCUT2D eigenvalue weighted by Crippen LogP contribution is 2.15. The second kappa shape index (κ2) is 7.97. The predicted octanol–water partition coefficient (Wildman–Crippen LogP) is 0.0171. The van der Waals surface area contributed by atoms with Gasteiger partial charge in [0, 0.05) is 45.1 Å². The van der Waals surface area contributed by atoms with Crippen molar-refractivity contribution in [1.29, 1.82) is 0 Å². The highest BCUT2D eigenvalue weighted by Gasteiger charge is 2.33. The van der Waals surface area contributed by atoms with Gasteiger partial charge in [0.25, 0.3) is 5.91 Å². The SMILES string of the molecule is Cc1[nH]ncc1C(=O)N1CCN(C)C(C(=O)NCC2CCOCC2)C1. The number of aryl methyl sites for hydroxylation is 1. The molecule has 2 saturated heterocycles. The number of nitrogens with one attached hydrogen (secondary N) is 2. The quantitative estimate of drug-likeness (QED) is 0.800. The number of piperazine rings is 1. The minimum atomic E-state index is -0.315. The summed E-state index contributed by atoms with van der Waals surface area (Å²) in [5.41, 5.74) is 1.33. The van der Waals surface area contributed by atoms with Gasteiger partial charge in [-0.2, -0.15) is 5.10 Å². The lowest BCUT2D eigenvalue weighted by molar-refractivity contribution is -0.128. The van der Waals surface area contributed by atoms with E-state index in [9.17, 15) is 9.59 Å². The normalized spacial score (nSPS) is 22.8. The van der Waals surface area contributed by atoms with Crippen molar-refractivity contribution in [2.45, 2.75) is 25.8 Å². The fourth-order valence-corrected chi connectivity index (χ4v) is 3.39. The highest BCUT2D eigenvalue weighted by molar-refractivity contribution is 5.95. The summed E-state index contributed by atoms with van der Waals surface area (Å²) in [5, 5.41) is 9.77. The van der Waals surface area contributed by atoms with Crippen LogP contribution in [0.1, 0.15) is 28.9 Å². The first-order valence-electron chi connectivity index (χ1n) is 8.91. The van der Waals surface area contributed by atoms with Crippen LogP contribution in [-0.4, -0.2) is 84.3 Å². The molecule has 2 amide bonds. The fourth-order valence-electron chi connectivity index (χ4n) is 3.39. The van der Waals surface area contributed by atoms with Crippen LogP contribution < -0.4 is 5.32 Å². The molecule has 2 N–H and O–H groups in total. The van der Waals surface area contributed by atoms with Gasteiger partial charge in [0.1, 0.15) is 6.04 Å². The van der Waals surface area contributed by atoms with E-state index in [4.69, 9.17) is 4.74 Å². The molecule has 0 spiro atoms. The molecule has 3 rings (SSSR count). The molecule has 2 aliphatic heterocycles. The molecule has 2 fully saturated rings. The van der Waals surface area contributed by atoms with Crippen LogP contribution >= 0.6 is 0 Å². The van der Waals surface area contributed by atoms with Crippen LogP contribution in [0.3, 0.4) is 0 Å². The number of hydrogen-bond donors (Lipinski definition) is 2. The summed E-state index contributed by atoms with van der Waals surface area (Å²) >= 11 is 0. The van der Waals surface area contributed by atoms with E-state index in [1.54, 1.807) is 11.1 Å². The summed E-state index contributed by atoms with van der Waals surface area (Å²) in [5.74, 6) is 0.412. The number of amides is 2. The van der Waals surface area contributed by atoms with Crippen molar-refractivity contribution in [3.8, 4) is 0 Å². The number of rotatable bonds is 4. The number of carbonyl (C=O) groups is 2. The summed E-state index contributed by atoms with van der Waals surface area (Å²) in [6.45, 7) is 5.75. The van der Waals surface area contributed by atoms with Crippen LogP contribution in [0.2, 0.25) is 0 Å². The lowest BCUT2D eigenvalue weighted by Crippen LogP contribution is -2.59. The van der Waals surface area contributed by atoms with Gasteiger partial charge in [-0.15, -0.1) is 0 Å². The van der Waals surface area contributed by atoms with E-state index in [1.165, 1.54) is 0 Å². The maximum atomic E-state index is 12.7. The molecule has 3 heterocycles. The van der Waals surface area contributed by atoms with Crippen LogP contribution in [0.4, 0.5) is 0 Å². The molecule has 0 bridgehead atoms. The van der Waals surface area contributed by atoms with Gasteiger partial charge >= 0.3 is 0 Å². The molecule has 1 aromatic rings. The molecule has 2 aliphatic rings. The molecule has 8 heteroatoms. The van der Waals surface area contributed by atoms with Crippen LogP contribution in [0, 0.1) is 12.8 Å². The van der Waals surface area contributed by atoms with Crippen molar-refractivity contribution < 1.29 is 14.3 Å². The number of hydrogen-bond acceptors (Lipinski definition) is 5. The standard InChI is InChI=1S/C17H27N5O3/c1-12-14(10-19-20-12)17(24)22-6-5-21(2)15(11-22)16(23)18-9-13-3-7-25-8-4-13/h10,13,15H,3-9,11H2,1-2H3,(H,18,23)(H,19,20). The maximum absolute atomic E-state index is 12.7. The summed E-state index contributed by atoms with van der Waals surface area (Å²) < 4.78 is 5.35. The lowest BCUT2D eigenvalue weighted by atomic mass is 10.00. The maximum Gasteiger partial charge on any atom is 0.257 e. The number of carbonyl (C=O) groups excluding carboxylic acids is 2. The molecule has 1 aromatic heterocycles. The zero-order chi connectivity index (χ0) is 17.8. The summed E-state index contributed by atoms with van der Waals surface area (Å²) in [7, 11) is 1.93. The van der Waals surface area contributed by atoms with Crippen LogP contribution in [0.5, 0.6) is 0 Å². The van der Waals surface area contributed by atoms with Crippen molar-refractivity contribution in [3.63, 3.8) is 0 Å². The second-order valence-electron chi connectivity index (χ2n) is 6.96. The summed E-state index contributed by atoms with van der Waals surface area (Å²) in [6, 6.07) is -0.315. The first kappa shape index (κ1) is 17.9. The molecular weight excluding hydrogens is 322 g/mol. The molecular formula is C17H27N5O3. The van der Waals surface area contributed by atoms with Crippen molar-refractivity contribution in [2.75, 3.05) is 46.4 Å². The van der Waals surface area contributed by atoms with Crippen LogP contribution in [0.15, 0.2) is 6.20 Å². The Kier molecular flexibility index (Phi) is 5.70. The predicted molar refractivity (Wildman–Crippen MR) is 92.2 cm³/mol. The van der Waals surface area contributed by atoms with E-state index < -0.39 is 0 Å². The van der Waals surface area contributed by atoms with E-state index in [2.05, 4.69) is 15.5 Å². The fraction of sp³-hybridized carbons (Fsp3) is 0.706. The van der Waals surface area contributed by atoms with Gasteiger partial charge in [-0.25, -0.2) is 0 Å². The molecule has 0 saturated carbocycles. The molecule has 1 atom stereocenters. The molecule has 1 unspecified atom stereocenters. The minimum Gasteiger partial charge on any atom is -0.381 e. The Labute approximate surface area is 147 Å². The third-order valence-corrected chi connectivity index (χ3v) is 5.20. The minimum absolute atomic E-state index is 0.00425. The van der Waals surface area contributed by atoms with Gasteiger partial charge in [-0.3, -0.25) is 19.6 Å². The Morgan fingerprint density at radius 3 is 2.80 bits per heavy atom. The Bertz CT molecular complexity index is 611. The summed E-state index contributed by atoms with van der Waals surface area (Å²) in [4.78, 5) is 29.1. The highest BCUT2D eigenvalue weighted by atomic mass is 16.5. The first-order chi connectivity index (χ1) is 12.1. The van der Waals surface area contributed by atoms with E-state index in [1.807, 2.05) is 18.9 Å². The average molecular weight is 349 g/mol. The van der Waals surface area contributed by atoms with Crippen LogP contribution in [-0.2, 0) is 9.53 Å². The molecule has 25 heavy (non-hydrogen) atoms. The molecule has 138 valence electrons. The first-order valence-corrected chi connectivity index (χ1v) is 8.91. The van der Waals surface area contributed by atoms with Gasteiger partial charge in [0.15, 0.2) is 0 Å². The smallest absolute Gasteiger partial charge is 0.257 e. The Morgan fingerprint density at radius 2 is 2.12 bits per heavy atom. The van der Waals surface area contributed by atoms with Crippen molar-refractivity contribution in [3.05, 3.63) is 17.5 Å². The Hall–Kier alpha value is -1.93. The molecule has 0 radical (unpaired) electrons. The number of nitrogens with zero attached hydrogens (tertiary/aromatic N) is 3. The van der Waals surface area contributed by atoms with E-state index in [0.717, 1.165) is 31.7 Å². The third kappa shape index (κ3) is 4.19. The number of aromatic nitrogens is 2. The Morgan fingerprint density at radius 1 is 1.36 bits per heavy atom. The van der Waals surface area contributed by atoms with Gasteiger partial charge in [0.05, 0.1) is 11.8 Å². The zero-order valence-electron chi connectivity index (χ0n) is 15.0. The third-order valence-electron chi connectivity index (χ3n) is 5.20. The van der Waals surface area contributed by atoms with E-state index >= 15 is 0 Å².